The van der Waals surface area contributed by atoms with Crippen LogP contribution in [0.5, 0.6) is 0 Å². The number of nitrogens with one attached hydrogen (secondary N) is 2. The molecule has 0 heterocycles. The van der Waals surface area contributed by atoms with Crippen molar-refractivity contribution in [3.8, 4) is 0 Å². The zero-order valence-electron chi connectivity index (χ0n) is 12.7. The van der Waals surface area contributed by atoms with E-state index in [4.69, 9.17) is 0 Å². The van der Waals surface area contributed by atoms with Gasteiger partial charge in [-0.1, -0.05) is 19.3 Å². The lowest BCUT2D eigenvalue weighted by Gasteiger charge is -2.30. The number of thioether (sulfide) groups is 1. The topological polar surface area (TPSA) is 58.2 Å². The molecule has 1 aliphatic rings. The van der Waals surface area contributed by atoms with Crippen LogP contribution in [0.2, 0.25) is 0 Å². The van der Waals surface area contributed by atoms with E-state index < -0.39 is 0 Å². The largest absolute Gasteiger partial charge is 0.356 e. The summed E-state index contributed by atoms with van der Waals surface area (Å²) in [5, 5.41) is 6.56. The number of rotatable bonds is 8. The van der Waals surface area contributed by atoms with E-state index in [1.54, 1.807) is 0 Å². The van der Waals surface area contributed by atoms with Gasteiger partial charge in [-0.25, -0.2) is 0 Å². The van der Waals surface area contributed by atoms with Gasteiger partial charge >= 0.3 is 0 Å². The molecular formula is C15H28N2O2S. The van der Waals surface area contributed by atoms with Crippen LogP contribution in [-0.4, -0.2) is 35.9 Å². The van der Waals surface area contributed by atoms with Crippen molar-refractivity contribution in [2.45, 2.75) is 69.6 Å². The van der Waals surface area contributed by atoms with Crippen molar-refractivity contribution in [3.63, 3.8) is 0 Å². The number of hydrogen-bond donors (Lipinski definition) is 2. The van der Waals surface area contributed by atoms with Crippen LogP contribution in [-0.2, 0) is 9.59 Å². The maximum Gasteiger partial charge on any atom is 0.220 e. The van der Waals surface area contributed by atoms with Crippen LogP contribution in [0.1, 0.15) is 58.3 Å². The van der Waals surface area contributed by atoms with Gasteiger partial charge < -0.3 is 10.6 Å². The quantitative estimate of drug-likeness (QED) is 0.677. The Bertz CT molecular complexity index is 310. The third kappa shape index (κ3) is 7.17. The Hall–Kier alpha value is -0.710. The molecule has 2 N–H and O–H groups in total. The monoisotopic (exact) mass is 300 g/mol. The van der Waals surface area contributed by atoms with E-state index in [9.17, 15) is 9.59 Å². The molecule has 0 spiro atoms. The molecule has 116 valence electrons. The zero-order chi connectivity index (χ0) is 14.8. The minimum absolute atomic E-state index is 0.0168. The minimum atomic E-state index is 0.0168. The normalized spacial score (nSPS) is 22.3. The van der Waals surface area contributed by atoms with E-state index in [0.717, 1.165) is 25.7 Å². The lowest BCUT2D eigenvalue weighted by atomic mass is 9.94. The molecule has 20 heavy (non-hydrogen) atoms. The molecule has 0 aliphatic heterocycles. The molecule has 2 amide bonds. The van der Waals surface area contributed by atoms with Crippen LogP contribution in [0, 0.1) is 0 Å². The Morgan fingerprint density at radius 3 is 2.60 bits per heavy atom. The van der Waals surface area contributed by atoms with Crippen LogP contribution in [0.3, 0.4) is 0 Å². The highest BCUT2D eigenvalue weighted by Crippen LogP contribution is 2.27. The predicted octanol–water partition coefficient (Wildman–Crippen LogP) is 2.47. The summed E-state index contributed by atoms with van der Waals surface area (Å²) in [5.74, 6) is 0.207. The fourth-order valence-corrected chi connectivity index (χ4v) is 3.61. The van der Waals surface area contributed by atoms with E-state index in [2.05, 4.69) is 16.9 Å². The van der Waals surface area contributed by atoms with Gasteiger partial charge in [0.2, 0.25) is 11.8 Å². The fourth-order valence-electron chi connectivity index (χ4n) is 2.67. The van der Waals surface area contributed by atoms with E-state index in [1.165, 1.54) is 26.2 Å². The fraction of sp³-hybridized carbons (Fsp3) is 0.867. The van der Waals surface area contributed by atoms with Crippen LogP contribution in [0.25, 0.3) is 0 Å². The van der Waals surface area contributed by atoms with Crippen molar-refractivity contribution >= 4 is 23.6 Å². The second-order valence-corrected chi connectivity index (χ2v) is 6.60. The predicted molar refractivity (Wildman–Crippen MR) is 84.9 cm³/mol. The third-order valence-corrected chi connectivity index (χ3v) is 4.98. The average molecular weight is 300 g/mol. The molecule has 1 fully saturated rings. The third-order valence-electron chi connectivity index (χ3n) is 3.81. The van der Waals surface area contributed by atoms with Gasteiger partial charge in [-0.15, -0.1) is 0 Å². The lowest BCUT2D eigenvalue weighted by Crippen LogP contribution is -2.43. The Morgan fingerprint density at radius 1 is 1.15 bits per heavy atom. The van der Waals surface area contributed by atoms with Crippen molar-refractivity contribution in [1.29, 1.82) is 0 Å². The first-order chi connectivity index (χ1) is 9.63. The summed E-state index contributed by atoms with van der Waals surface area (Å²) in [6, 6.07) is 0.366. The molecule has 0 saturated heterocycles. The highest BCUT2D eigenvalue weighted by atomic mass is 32.2. The molecule has 0 radical (unpaired) electrons. The summed E-state index contributed by atoms with van der Waals surface area (Å²) in [6.07, 6.45) is 10.5. The molecule has 0 aromatic carbocycles. The van der Waals surface area contributed by atoms with E-state index in [0.29, 0.717) is 24.3 Å². The number of carbonyl (C=O) groups excluding carboxylic acids is 2. The maximum atomic E-state index is 11.9. The second-order valence-electron chi connectivity index (χ2n) is 5.53. The first kappa shape index (κ1) is 17.3. The highest BCUT2D eigenvalue weighted by Gasteiger charge is 2.25. The summed E-state index contributed by atoms with van der Waals surface area (Å²) in [7, 11) is 0. The van der Waals surface area contributed by atoms with Crippen molar-refractivity contribution < 1.29 is 9.59 Å². The smallest absolute Gasteiger partial charge is 0.220 e. The Kier molecular flexibility index (Phi) is 8.74. The van der Waals surface area contributed by atoms with Crippen molar-refractivity contribution in [3.05, 3.63) is 0 Å². The second kappa shape index (κ2) is 10.1. The van der Waals surface area contributed by atoms with E-state index in [-0.39, 0.29) is 11.8 Å². The Morgan fingerprint density at radius 2 is 1.90 bits per heavy atom. The van der Waals surface area contributed by atoms with E-state index in [1.807, 2.05) is 11.8 Å². The first-order valence-corrected chi connectivity index (χ1v) is 8.99. The van der Waals surface area contributed by atoms with Gasteiger partial charge in [0, 0.05) is 31.2 Å². The molecule has 0 unspecified atom stereocenters. The lowest BCUT2D eigenvalue weighted by molar-refractivity contribution is -0.122. The van der Waals surface area contributed by atoms with Gasteiger partial charge in [-0.2, -0.15) is 11.8 Å². The van der Waals surface area contributed by atoms with Gasteiger partial charge in [-0.05, 0) is 31.9 Å². The molecule has 2 atom stereocenters. The molecule has 4 nitrogen and oxygen atoms in total. The average Bonchev–Trinajstić information content (AvgIpc) is 2.43. The highest BCUT2D eigenvalue weighted by molar-refractivity contribution is 7.99. The van der Waals surface area contributed by atoms with Crippen LogP contribution < -0.4 is 10.6 Å². The van der Waals surface area contributed by atoms with Crippen molar-refractivity contribution in [2.24, 2.45) is 0 Å². The molecule has 0 aromatic heterocycles. The summed E-state index contributed by atoms with van der Waals surface area (Å²) < 4.78 is 0. The summed E-state index contributed by atoms with van der Waals surface area (Å²) in [6.45, 7) is 2.24. The first-order valence-electron chi connectivity index (χ1n) is 7.70. The number of amides is 2. The molecule has 1 saturated carbocycles. The maximum absolute atomic E-state index is 11.9. The standard InChI is InChI=1S/C15H28N2O2S/c1-12(18)16-11-7-3-4-10-15(19)17-13-8-5-6-9-14(13)20-2/h13-14H,3-11H2,1-2H3,(H,16,18)(H,17,19)/t13-,14+/m1/s1. The molecular weight excluding hydrogens is 272 g/mol. The summed E-state index contributed by atoms with van der Waals surface area (Å²) in [5.41, 5.74) is 0. The van der Waals surface area contributed by atoms with Crippen LogP contribution >= 0.6 is 11.8 Å². The molecule has 0 bridgehead atoms. The van der Waals surface area contributed by atoms with Crippen molar-refractivity contribution in [1.82, 2.24) is 10.6 Å². The van der Waals surface area contributed by atoms with Gasteiger partial charge in [0.05, 0.1) is 0 Å². The van der Waals surface area contributed by atoms with Crippen molar-refractivity contribution in [2.75, 3.05) is 12.8 Å². The van der Waals surface area contributed by atoms with Crippen LogP contribution in [0.15, 0.2) is 0 Å². The molecule has 0 aromatic rings. The van der Waals surface area contributed by atoms with Gasteiger partial charge in [0.15, 0.2) is 0 Å². The van der Waals surface area contributed by atoms with Crippen LogP contribution in [0.4, 0.5) is 0 Å². The van der Waals surface area contributed by atoms with Gasteiger partial charge in [-0.3, -0.25) is 9.59 Å². The summed E-state index contributed by atoms with van der Waals surface area (Å²) in [4.78, 5) is 22.6. The molecule has 5 heteroatoms. The number of carbonyl (C=O) groups is 2. The minimum Gasteiger partial charge on any atom is -0.356 e. The van der Waals surface area contributed by atoms with E-state index >= 15 is 0 Å². The zero-order valence-corrected chi connectivity index (χ0v) is 13.6. The van der Waals surface area contributed by atoms with Gasteiger partial charge in [0.25, 0.3) is 0 Å². The van der Waals surface area contributed by atoms with Gasteiger partial charge in [0.1, 0.15) is 0 Å². The Balaban J connectivity index is 2.08. The number of unbranched alkanes of at least 4 members (excludes halogenated alkanes) is 2. The summed E-state index contributed by atoms with van der Waals surface area (Å²) >= 11 is 1.88. The molecule has 1 rings (SSSR count). The molecule has 1 aliphatic carbocycles. The Labute approximate surface area is 126 Å². The number of hydrogen-bond acceptors (Lipinski definition) is 3. The SMILES string of the molecule is CS[C@H]1CCCC[C@H]1NC(=O)CCCCCNC(C)=O.